The number of methoxy groups -OCH3 is 2. The molecule has 0 radical (unpaired) electrons. The first kappa shape index (κ1) is 17.8. The van der Waals surface area contributed by atoms with E-state index in [9.17, 15) is 4.79 Å². The van der Waals surface area contributed by atoms with Crippen LogP contribution in [0.4, 0.5) is 5.82 Å². The fourth-order valence-corrected chi connectivity index (χ4v) is 3.19. The van der Waals surface area contributed by atoms with Crippen molar-refractivity contribution >= 4 is 33.7 Å². The van der Waals surface area contributed by atoms with Gasteiger partial charge in [-0.1, -0.05) is 12.1 Å². The number of pyridine rings is 1. The van der Waals surface area contributed by atoms with Crippen LogP contribution in [-0.4, -0.2) is 34.9 Å². The van der Waals surface area contributed by atoms with Crippen LogP contribution < -0.4 is 14.8 Å². The summed E-state index contributed by atoms with van der Waals surface area (Å²) < 4.78 is 12.2. The van der Waals surface area contributed by atoms with Crippen molar-refractivity contribution < 1.29 is 14.3 Å². The molecule has 2 heterocycles. The van der Waals surface area contributed by atoms with E-state index in [1.807, 2.05) is 38.2 Å². The van der Waals surface area contributed by atoms with Crippen LogP contribution in [-0.2, 0) is 7.05 Å². The van der Waals surface area contributed by atoms with E-state index in [0.717, 1.165) is 21.9 Å². The van der Waals surface area contributed by atoms with Crippen LogP contribution in [0.15, 0.2) is 42.5 Å². The molecular formula is C21H20N4O3. The van der Waals surface area contributed by atoms with E-state index in [4.69, 9.17) is 14.5 Å². The Hall–Kier alpha value is -3.61. The van der Waals surface area contributed by atoms with Gasteiger partial charge in [0.05, 0.1) is 25.1 Å². The van der Waals surface area contributed by atoms with E-state index in [0.29, 0.717) is 28.5 Å². The van der Waals surface area contributed by atoms with Gasteiger partial charge in [0.1, 0.15) is 0 Å². The van der Waals surface area contributed by atoms with Gasteiger partial charge in [0.15, 0.2) is 23.0 Å². The van der Waals surface area contributed by atoms with Crippen molar-refractivity contribution in [2.24, 2.45) is 7.05 Å². The molecule has 0 aliphatic heterocycles. The number of nitrogens with one attached hydrogen (secondary N) is 1. The predicted octanol–water partition coefficient (Wildman–Crippen LogP) is 3.70. The summed E-state index contributed by atoms with van der Waals surface area (Å²) in [5, 5.41) is 9.10. The number of benzene rings is 2. The van der Waals surface area contributed by atoms with Crippen molar-refractivity contribution in [2.45, 2.75) is 6.92 Å². The minimum Gasteiger partial charge on any atom is -0.493 e. The summed E-state index contributed by atoms with van der Waals surface area (Å²) in [6.07, 6.45) is 0. The highest BCUT2D eigenvalue weighted by atomic mass is 16.5. The monoisotopic (exact) mass is 376 g/mol. The first-order chi connectivity index (χ1) is 13.5. The summed E-state index contributed by atoms with van der Waals surface area (Å²) in [6, 6.07) is 13.1. The molecule has 0 spiro atoms. The third-order valence-electron chi connectivity index (χ3n) is 4.64. The molecule has 7 nitrogen and oxygen atoms in total. The molecular weight excluding hydrogens is 356 g/mol. The molecule has 1 N–H and O–H groups in total. The van der Waals surface area contributed by atoms with Crippen LogP contribution in [0.25, 0.3) is 21.9 Å². The number of nitrogens with zero attached hydrogens (tertiary/aromatic N) is 3. The fourth-order valence-electron chi connectivity index (χ4n) is 3.19. The maximum atomic E-state index is 12.8. The summed E-state index contributed by atoms with van der Waals surface area (Å²) in [7, 11) is 4.89. The largest absolute Gasteiger partial charge is 0.493 e. The summed E-state index contributed by atoms with van der Waals surface area (Å²) in [5.41, 5.74) is 3.19. The van der Waals surface area contributed by atoms with E-state index in [1.165, 1.54) is 7.11 Å². The van der Waals surface area contributed by atoms with E-state index in [1.54, 1.807) is 30.0 Å². The van der Waals surface area contributed by atoms with Crippen molar-refractivity contribution in [3.8, 4) is 11.5 Å². The second-order valence-electron chi connectivity index (χ2n) is 6.55. The molecule has 0 unspecified atom stereocenters. The molecule has 4 rings (SSSR count). The molecule has 0 aliphatic rings. The number of carbonyl (C=O) groups excluding carboxylic acids is 1. The number of anilines is 1. The van der Waals surface area contributed by atoms with E-state index in [-0.39, 0.29) is 5.91 Å². The Bertz CT molecular complexity index is 1210. The molecule has 1 amide bonds. The first-order valence-electron chi connectivity index (χ1n) is 8.77. The molecule has 0 saturated carbocycles. The zero-order valence-electron chi connectivity index (χ0n) is 16.1. The SMILES string of the molecule is COc1ccc(C(=O)Nc2nn(C)c3nc4cc(C)ccc4cc23)cc1OC. The van der Waals surface area contributed by atoms with Crippen LogP contribution in [0.3, 0.4) is 0 Å². The number of aryl methyl sites for hydroxylation is 2. The molecule has 28 heavy (non-hydrogen) atoms. The average molecular weight is 376 g/mol. The molecule has 0 saturated heterocycles. The summed E-state index contributed by atoms with van der Waals surface area (Å²) in [6.45, 7) is 2.03. The highest BCUT2D eigenvalue weighted by molar-refractivity contribution is 6.09. The molecule has 0 fully saturated rings. The Morgan fingerprint density at radius 3 is 2.57 bits per heavy atom. The van der Waals surface area contributed by atoms with Crippen molar-refractivity contribution in [1.29, 1.82) is 0 Å². The highest BCUT2D eigenvalue weighted by Crippen LogP contribution is 2.29. The van der Waals surface area contributed by atoms with Crippen LogP contribution in [0.5, 0.6) is 11.5 Å². The fraction of sp³-hybridized carbons (Fsp3) is 0.190. The second-order valence-corrected chi connectivity index (χ2v) is 6.55. The normalized spacial score (nSPS) is 11.0. The van der Waals surface area contributed by atoms with Gasteiger partial charge in [-0.15, -0.1) is 0 Å². The number of rotatable bonds is 4. The van der Waals surface area contributed by atoms with Gasteiger partial charge in [0.2, 0.25) is 0 Å². The van der Waals surface area contributed by atoms with Crippen molar-refractivity contribution in [1.82, 2.24) is 14.8 Å². The number of amides is 1. The second kappa shape index (κ2) is 6.84. The van der Waals surface area contributed by atoms with Crippen molar-refractivity contribution in [3.63, 3.8) is 0 Å². The van der Waals surface area contributed by atoms with Crippen molar-refractivity contribution in [2.75, 3.05) is 19.5 Å². The Kier molecular flexibility index (Phi) is 4.35. The third-order valence-corrected chi connectivity index (χ3v) is 4.64. The van der Waals surface area contributed by atoms with Gasteiger partial charge in [-0.3, -0.25) is 4.79 Å². The summed E-state index contributed by atoms with van der Waals surface area (Å²) in [5.74, 6) is 1.23. The number of ether oxygens (including phenoxy) is 2. The smallest absolute Gasteiger partial charge is 0.257 e. The Labute approximate surface area is 161 Å². The average Bonchev–Trinajstić information content (AvgIpc) is 3.00. The topological polar surface area (TPSA) is 78.3 Å². The zero-order chi connectivity index (χ0) is 19.8. The lowest BCUT2D eigenvalue weighted by Crippen LogP contribution is -2.13. The third kappa shape index (κ3) is 3.00. The van der Waals surface area contributed by atoms with E-state index in [2.05, 4.69) is 10.4 Å². The molecule has 0 bridgehead atoms. The lowest BCUT2D eigenvalue weighted by atomic mass is 10.1. The standard InChI is InChI=1S/C21H20N4O3/c1-12-5-6-13-10-15-19(24-25(2)20(15)22-16(13)9-12)23-21(26)14-7-8-17(27-3)18(11-14)28-4/h5-11H,1-4H3,(H,23,24,26). The summed E-state index contributed by atoms with van der Waals surface area (Å²) >= 11 is 0. The van der Waals surface area contributed by atoms with Crippen LogP contribution in [0, 0.1) is 6.92 Å². The Morgan fingerprint density at radius 1 is 1.04 bits per heavy atom. The molecule has 7 heteroatoms. The number of hydrogen-bond donors (Lipinski definition) is 1. The van der Waals surface area contributed by atoms with Crippen LogP contribution in [0.1, 0.15) is 15.9 Å². The molecule has 2 aromatic heterocycles. The molecule has 0 atom stereocenters. The zero-order valence-corrected chi connectivity index (χ0v) is 16.1. The maximum absolute atomic E-state index is 12.8. The molecule has 0 aliphatic carbocycles. The van der Waals surface area contributed by atoms with Gasteiger partial charge < -0.3 is 14.8 Å². The maximum Gasteiger partial charge on any atom is 0.257 e. The van der Waals surface area contributed by atoms with Gasteiger partial charge in [-0.2, -0.15) is 5.10 Å². The number of hydrogen-bond acceptors (Lipinski definition) is 5. The number of aromatic nitrogens is 3. The predicted molar refractivity (Wildman–Crippen MR) is 108 cm³/mol. The van der Waals surface area contributed by atoms with Gasteiger partial charge >= 0.3 is 0 Å². The molecule has 142 valence electrons. The van der Waals surface area contributed by atoms with Crippen LogP contribution in [0.2, 0.25) is 0 Å². The summed E-state index contributed by atoms with van der Waals surface area (Å²) in [4.78, 5) is 17.5. The minimum atomic E-state index is -0.287. The highest BCUT2D eigenvalue weighted by Gasteiger charge is 2.16. The van der Waals surface area contributed by atoms with Crippen LogP contribution >= 0.6 is 0 Å². The number of carbonyl (C=O) groups is 1. The van der Waals surface area contributed by atoms with E-state index < -0.39 is 0 Å². The molecule has 2 aromatic carbocycles. The van der Waals surface area contributed by atoms with E-state index >= 15 is 0 Å². The molecule has 4 aromatic rings. The van der Waals surface area contributed by atoms with Gasteiger partial charge in [0.25, 0.3) is 5.91 Å². The van der Waals surface area contributed by atoms with Gasteiger partial charge in [0, 0.05) is 18.0 Å². The first-order valence-corrected chi connectivity index (χ1v) is 8.77. The minimum absolute atomic E-state index is 0.287. The lowest BCUT2D eigenvalue weighted by molar-refractivity contribution is 0.102. The van der Waals surface area contributed by atoms with Crippen molar-refractivity contribution in [3.05, 3.63) is 53.6 Å². The van der Waals surface area contributed by atoms with Gasteiger partial charge in [-0.05, 0) is 42.8 Å². The lowest BCUT2D eigenvalue weighted by Gasteiger charge is -2.09. The van der Waals surface area contributed by atoms with Gasteiger partial charge in [-0.25, -0.2) is 9.67 Å². The quantitative estimate of drug-likeness (QED) is 0.588. The number of fused-ring (bicyclic) bond motifs is 2. The Balaban J connectivity index is 1.73. The Morgan fingerprint density at radius 2 is 1.82 bits per heavy atom.